The maximum absolute atomic E-state index is 5.38. The van der Waals surface area contributed by atoms with Crippen molar-refractivity contribution in [1.29, 1.82) is 0 Å². The van der Waals surface area contributed by atoms with Gasteiger partial charge in [-0.3, -0.25) is 11.0 Å². The van der Waals surface area contributed by atoms with Gasteiger partial charge in [-0.05, 0) is 0 Å². The van der Waals surface area contributed by atoms with Crippen LogP contribution in [0.5, 0.6) is 0 Å². The molecule has 0 aromatic heterocycles. The summed E-state index contributed by atoms with van der Waals surface area (Å²) in [6.07, 6.45) is -1.90. The molecule has 0 aromatic carbocycles. The molecule has 4 N–H and O–H groups in total. The Balaban J connectivity index is 3.80. The minimum Gasteiger partial charge on any atom is -0.291 e. The minimum atomic E-state index is -1.90. The summed E-state index contributed by atoms with van der Waals surface area (Å²) in [5, 5.41) is 0. The van der Waals surface area contributed by atoms with Crippen LogP contribution in [0.25, 0.3) is 0 Å². The Morgan fingerprint density at radius 1 is 1.43 bits per heavy atom. The van der Waals surface area contributed by atoms with E-state index in [4.69, 9.17) is 22.8 Å². The average molecular weight is 138 g/mol. The third kappa shape index (κ3) is 3.18. The van der Waals surface area contributed by atoms with E-state index >= 15 is 0 Å². The van der Waals surface area contributed by atoms with E-state index in [0.29, 0.717) is 0 Å². The van der Waals surface area contributed by atoms with Crippen LogP contribution in [-0.4, -0.2) is 5.66 Å². The summed E-state index contributed by atoms with van der Waals surface area (Å²) in [5.74, 6) is 0. The molecule has 0 aliphatic carbocycles. The van der Waals surface area contributed by atoms with Crippen molar-refractivity contribution in [2.75, 3.05) is 0 Å². The highest BCUT2D eigenvalue weighted by Gasteiger charge is 2.06. The Labute approximate surface area is 49.4 Å². The van der Waals surface area contributed by atoms with Gasteiger partial charge in [0.25, 0.3) is 0 Å². The molecule has 0 aliphatic heterocycles. The van der Waals surface area contributed by atoms with Crippen molar-refractivity contribution in [3.8, 4) is 0 Å². The van der Waals surface area contributed by atoms with E-state index < -0.39 is 6.34 Å². The molecule has 0 spiro atoms. The van der Waals surface area contributed by atoms with Gasteiger partial charge in [0.05, 0.1) is 6.34 Å². The fraction of sp³-hybridized carbons (Fsp3) is 1.00. The van der Waals surface area contributed by atoms with Crippen LogP contribution in [0.15, 0.2) is 0 Å². The topological polar surface area (TPSA) is 52.0 Å². The Bertz CT molecular complexity index is 95.1. The van der Waals surface area contributed by atoms with Gasteiger partial charge in [0.15, 0.2) is 0 Å². The normalized spacial score (nSPS) is 12.7. The molecule has 4 heteroatoms. The summed E-state index contributed by atoms with van der Waals surface area (Å²) in [5.41, 5.74) is 11.0. The molecular formula is C3H11N2PS. The van der Waals surface area contributed by atoms with Crippen LogP contribution in [0.4, 0.5) is 0 Å². The summed E-state index contributed by atoms with van der Waals surface area (Å²) in [6, 6.07) is 0. The molecule has 0 radical (unpaired) electrons. The zero-order valence-electron chi connectivity index (χ0n) is 4.59. The molecule has 0 saturated heterocycles. The zero-order chi connectivity index (χ0) is 6.08. The first-order valence-electron chi connectivity index (χ1n) is 2.11. The van der Waals surface area contributed by atoms with Crippen LogP contribution in [0.3, 0.4) is 0 Å². The molecule has 0 amide bonds. The standard InChI is InChI=1S/C3H11N2PS/c1-3(2)6(4,5)7/h3H,1-2H3,(H4,4,5,7). The van der Waals surface area contributed by atoms with Gasteiger partial charge in [-0.25, -0.2) is 0 Å². The van der Waals surface area contributed by atoms with Gasteiger partial charge >= 0.3 is 0 Å². The predicted octanol–water partition coefficient (Wildman–Crippen LogP) is 0.622. The van der Waals surface area contributed by atoms with Crippen molar-refractivity contribution in [3.63, 3.8) is 0 Å². The highest BCUT2D eigenvalue weighted by Crippen LogP contribution is 2.31. The Morgan fingerprint density at radius 2 is 1.57 bits per heavy atom. The van der Waals surface area contributed by atoms with Gasteiger partial charge < -0.3 is 0 Å². The average Bonchev–Trinajstić information content (AvgIpc) is 1.31. The molecular weight excluding hydrogens is 127 g/mol. The lowest BCUT2D eigenvalue weighted by Crippen LogP contribution is -2.13. The summed E-state index contributed by atoms with van der Waals surface area (Å²) < 4.78 is 0. The van der Waals surface area contributed by atoms with Crippen molar-refractivity contribution in [2.45, 2.75) is 19.5 Å². The molecule has 2 nitrogen and oxygen atoms in total. The lowest BCUT2D eigenvalue weighted by atomic mass is 10.6. The molecule has 0 bridgehead atoms. The third-order valence-corrected chi connectivity index (χ3v) is 3.69. The minimum absolute atomic E-state index is 0.280. The van der Waals surface area contributed by atoms with E-state index in [1.165, 1.54) is 0 Å². The molecule has 0 heterocycles. The fourth-order valence-corrected chi connectivity index (χ4v) is 0. The lowest BCUT2D eigenvalue weighted by molar-refractivity contribution is 1.08. The second-order valence-electron chi connectivity index (χ2n) is 1.86. The summed E-state index contributed by atoms with van der Waals surface area (Å²) in [7, 11) is 0. The van der Waals surface area contributed by atoms with Gasteiger partial charge in [-0.1, -0.05) is 25.7 Å². The first kappa shape index (κ1) is 7.57. The monoisotopic (exact) mass is 138 g/mol. The van der Waals surface area contributed by atoms with Crippen molar-refractivity contribution in [1.82, 2.24) is 0 Å². The predicted molar refractivity (Wildman–Crippen MR) is 37.8 cm³/mol. The Kier molecular flexibility index (Phi) is 2.41. The van der Waals surface area contributed by atoms with E-state index in [1.807, 2.05) is 13.8 Å². The lowest BCUT2D eigenvalue weighted by Gasteiger charge is -2.12. The molecule has 0 unspecified atom stereocenters. The second-order valence-corrected chi connectivity index (χ2v) is 6.31. The highest BCUT2D eigenvalue weighted by atomic mass is 32.4. The number of nitrogens with two attached hydrogens (primary N) is 2. The van der Waals surface area contributed by atoms with Crippen LogP contribution in [0.1, 0.15) is 13.8 Å². The largest absolute Gasteiger partial charge is 0.291 e. The van der Waals surface area contributed by atoms with Crippen LogP contribution in [-0.2, 0) is 11.8 Å². The fourth-order valence-electron chi connectivity index (χ4n) is 0. The summed E-state index contributed by atoms with van der Waals surface area (Å²) in [6.45, 7) is 3.89. The molecule has 44 valence electrons. The molecule has 7 heavy (non-hydrogen) atoms. The number of hydrogen-bond acceptors (Lipinski definition) is 1. The van der Waals surface area contributed by atoms with E-state index in [0.717, 1.165) is 0 Å². The quantitative estimate of drug-likeness (QED) is 0.522. The van der Waals surface area contributed by atoms with E-state index in [2.05, 4.69) is 0 Å². The molecule has 0 saturated carbocycles. The molecule has 0 atom stereocenters. The molecule has 0 rings (SSSR count). The summed E-state index contributed by atoms with van der Waals surface area (Å²) >= 11 is 4.78. The molecule has 0 aromatic rings. The third-order valence-electron chi connectivity index (χ3n) is 0.807. The van der Waals surface area contributed by atoms with Crippen LogP contribution in [0.2, 0.25) is 0 Å². The van der Waals surface area contributed by atoms with E-state index in [9.17, 15) is 0 Å². The molecule has 0 aliphatic rings. The van der Waals surface area contributed by atoms with Crippen molar-refractivity contribution < 1.29 is 0 Å². The van der Waals surface area contributed by atoms with Crippen LogP contribution < -0.4 is 11.0 Å². The first-order chi connectivity index (χ1) is 2.94. The van der Waals surface area contributed by atoms with Gasteiger partial charge in [-0.2, -0.15) is 0 Å². The Morgan fingerprint density at radius 3 is 1.57 bits per heavy atom. The van der Waals surface area contributed by atoms with Crippen molar-refractivity contribution in [2.24, 2.45) is 11.0 Å². The van der Waals surface area contributed by atoms with Gasteiger partial charge in [0, 0.05) is 5.66 Å². The first-order valence-corrected chi connectivity index (χ1v) is 5.12. The van der Waals surface area contributed by atoms with Crippen LogP contribution in [0, 0.1) is 0 Å². The Hall–Kier alpha value is 0.570. The second kappa shape index (κ2) is 2.23. The zero-order valence-corrected chi connectivity index (χ0v) is 6.30. The van der Waals surface area contributed by atoms with Gasteiger partial charge in [0.2, 0.25) is 0 Å². The van der Waals surface area contributed by atoms with Gasteiger partial charge in [-0.15, -0.1) is 0 Å². The van der Waals surface area contributed by atoms with Crippen molar-refractivity contribution >= 4 is 18.1 Å². The smallest absolute Gasteiger partial charge is 0.0695 e. The summed E-state index contributed by atoms with van der Waals surface area (Å²) in [4.78, 5) is 0. The highest BCUT2D eigenvalue weighted by molar-refractivity contribution is 8.12. The number of rotatable bonds is 1. The van der Waals surface area contributed by atoms with Crippen molar-refractivity contribution in [3.05, 3.63) is 0 Å². The van der Waals surface area contributed by atoms with E-state index in [-0.39, 0.29) is 5.66 Å². The number of hydrogen-bond donors (Lipinski definition) is 2. The maximum Gasteiger partial charge on any atom is 0.0695 e. The van der Waals surface area contributed by atoms with E-state index in [1.54, 1.807) is 0 Å². The SMILES string of the molecule is CC(C)P(N)(N)=S. The maximum atomic E-state index is 5.38. The molecule has 0 fully saturated rings. The van der Waals surface area contributed by atoms with Crippen LogP contribution >= 0.6 is 6.34 Å². The van der Waals surface area contributed by atoms with Gasteiger partial charge in [0.1, 0.15) is 0 Å².